The second-order valence-corrected chi connectivity index (χ2v) is 4.49. The molecule has 0 fully saturated rings. The zero-order chi connectivity index (χ0) is 13.8. The Balaban J connectivity index is 1.99. The highest BCUT2D eigenvalue weighted by Crippen LogP contribution is 2.10. The number of aryl methyl sites for hydroxylation is 1. The first kappa shape index (κ1) is 13.3. The van der Waals surface area contributed by atoms with Crippen LogP contribution in [0.3, 0.4) is 0 Å². The average Bonchev–Trinajstić information content (AvgIpc) is 2.71. The van der Waals surface area contributed by atoms with Crippen molar-refractivity contribution in [3.05, 3.63) is 47.5 Å². The molecule has 0 spiro atoms. The van der Waals surface area contributed by atoms with Crippen LogP contribution in [0.4, 0.5) is 5.69 Å². The number of anilines is 1. The van der Waals surface area contributed by atoms with Gasteiger partial charge in [-0.2, -0.15) is 0 Å². The number of aromatic nitrogens is 2. The highest BCUT2D eigenvalue weighted by atomic mass is 16.1. The molecule has 0 atom stereocenters. The van der Waals surface area contributed by atoms with Crippen molar-refractivity contribution in [3.8, 4) is 0 Å². The van der Waals surface area contributed by atoms with E-state index in [-0.39, 0.29) is 12.5 Å². The normalized spacial score (nSPS) is 10.5. The van der Waals surface area contributed by atoms with E-state index >= 15 is 0 Å². The molecule has 2 rings (SSSR count). The van der Waals surface area contributed by atoms with Crippen molar-refractivity contribution in [2.75, 3.05) is 5.32 Å². The number of nitrogens with zero attached hydrogens (tertiary/aromatic N) is 2. The lowest BCUT2D eigenvalue weighted by atomic mass is 10.2. The van der Waals surface area contributed by atoms with Crippen molar-refractivity contribution < 1.29 is 4.79 Å². The fraction of sp³-hybridized carbons (Fsp3) is 0.286. The lowest BCUT2D eigenvalue weighted by Crippen LogP contribution is -2.19. The Morgan fingerprint density at radius 1 is 1.32 bits per heavy atom. The first-order valence-electron chi connectivity index (χ1n) is 6.17. The molecule has 1 heterocycles. The molecule has 0 saturated carbocycles. The van der Waals surface area contributed by atoms with E-state index < -0.39 is 0 Å². The van der Waals surface area contributed by atoms with E-state index in [9.17, 15) is 4.79 Å². The summed E-state index contributed by atoms with van der Waals surface area (Å²) in [7, 11) is 0. The summed E-state index contributed by atoms with van der Waals surface area (Å²) in [5.41, 5.74) is 9.29. The summed E-state index contributed by atoms with van der Waals surface area (Å²) in [6.45, 7) is 4.65. The highest BCUT2D eigenvalue weighted by molar-refractivity contribution is 5.90. The van der Waals surface area contributed by atoms with E-state index in [0.717, 1.165) is 22.6 Å². The third-order valence-corrected chi connectivity index (χ3v) is 3.13. The topological polar surface area (TPSA) is 72.9 Å². The molecule has 0 aliphatic rings. The van der Waals surface area contributed by atoms with E-state index in [0.29, 0.717) is 6.54 Å². The Morgan fingerprint density at radius 2 is 2.00 bits per heavy atom. The standard InChI is InChI=1S/C14H18N4O/c1-10-11(2)18(9-16-10)8-14(19)17-13-5-3-12(7-15)4-6-13/h3-6,9H,7-8,15H2,1-2H3,(H,17,19). The molecule has 5 nitrogen and oxygen atoms in total. The van der Waals surface area contributed by atoms with Gasteiger partial charge in [0, 0.05) is 17.9 Å². The van der Waals surface area contributed by atoms with Gasteiger partial charge < -0.3 is 15.6 Å². The van der Waals surface area contributed by atoms with Gasteiger partial charge in [-0.1, -0.05) is 12.1 Å². The number of nitrogens with one attached hydrogen (secondary N) is 1. The summed E-state index contributed by atoms with van der Waals surface area (Å²) >= 11 is 0. The Kier molecular flexibility index (Phi) is 3.97. The largest absolute Gasteiger partial charge is 0.326 e. The van der Waals surface area contributed by atoms with E-state index in [1.165, 1.54) is 0 Å². The van der Waals surface area contributed by atoms with Gasteiger partial charge in [-0.15, -0.1) is 0 Å². The van der Waals surface area contributed by atoms with Crippen molar-refractivity contribution in [3.63, 3.8) is 0 Å². The second kappa shape index (κ2) is 5.67. The number of carbonyl (C=O) groups is 1. The van der Waals surface area contributed by atoms with Gasteiger partial charge >= 0.3 is 0 Å². The van der Waals surface area contributed by atoms with Crippen LogP contribution in [0.25, 0.3) is 0 Å². The fourth-order valence-corrected chi connectivity index (χ4v) is 1.78. The highest BCUT2D eigenvalue weighted by Gasteiger charge is 2.07. The average molecular weight is 258 g/mol. The van der Waals surface area contributed by atoms with Crippen LogP contribution in [-0.4, -0.2) is 15.5 Å². The SMILES string of the molecule is Cc1ncn(CC(=O)Nc2ccc(CN)cc2)c1C. The molecule has 0 aliphatic heterocycles. The molecule has 100 valence electrons. The Bertz CT molecular complexity index is 572. The molecule has 1 aromatic heterocycles. The third kappa shape index (κ3) is 3.20. The van der Waals surface area contributed by atoms with Crippen LogP contribution in [-0.2, 0) is 17.9 Å². The molecular weight excluding hydrogens is 240 g/mol. The molecule has 1 aromatic carbocycles. The van der Waals surface area contributed by atoms with Gasteiger partial charge in [-0.05, 0) is 31.5 Å². The van der Waals surface area contributed by atoms with Crippen molar-refractivity contribution in [2.24, 2.45) is 5.73 Å². The van der Waals surface area contributed by atoms with Crippen molar-refractivity contribution in [2.45, 2.75) is 26.9 Å². The Labute approximate surface area is 112 Å². The monoisotopic (exact) mass is 258 g/mol. The third-order valence-electron chi connectivity index (χ3n) is 3.13. The molecule has 0 bridgehead atoms. The fourth-order valence-electron chi connectivity index (χ4n) is 1.78. The van der Waals surface area contributed by atoms with E-state index in [1.807, 2.05) is 42.7 Å². The zero-order valence-electron chi connectivity index (χ0n) is 11.2. The minimum absolute atomic E-state index is 0.0685. The first-order valence-corrected chi connectivity index (χ1v) is 6.17. The van der Waals surface area contributed by atoms with E-state index in [2.05, 4.69) is 10.3 Å². The summed E-state index contributed by atoms with van der Waals surface area (Å²) in [4.78, 5) is 16.1. The summed E-state index contributed by atoms with van der Waals surface area (Å²) in [6, 6.07) is 7.52. The maximum absolute atomic E-state index is 11.9. The Morgan fingerprint density at radius 3 is 2.53 bits per heavy atom. The molecule has 5 heteroatoms. The van der Waals surface area contributed by atoms with Crippen LogP contribution >= 0.6 is 0 Å². The minimum Gasteiger partial charge on any atom is -0.326 e. The van der Waals surface area contributed by atoms with Crippen LogP contribution in [0.2, 0.25) is 0 Å². The molecule has 2 aromatic rings. The number of imidazole rings is 1. The predicted octanol–water partition coefficient (Wildman–Crippen LogP) is 1.60. The number of rotatable bonds is 4. The molecule has 1 amide bonds. The van der Waals surface area contributed by atoms with Crippen molar-refractivity contribution in [1.82, 2.24) is 9.55 Å². The van der Waals surface area contributed by atoms with Crippen molar-refractivity contribution in [1.29, 1.82) is 0 Å². The number of hydrogen-bond acceptors (Lipinski definition) is 3. The van der Waals surface area contributed by atoms with Gasteiger partial charge in [0.1, 0.15) is 6.54 Å². The molecule has 3 N–H and O–H groups in total. The summed E-state index contributed by atoms with van der Waals surface area (Å²) < 4.78 is 1.83. The number of benzene rings is 1. The van der Waals surface area contributed by atoms with Gasteiger partial charge in [0.25, 0.3) is 0 Å². The summed E-state index contributed by atoms with van der Waals surface area (Å²) in [5.74, 6) is -0.0685. The summed E-state index contributed by atoms with van der Waals surface area (Å²) in [5, 5.41) is 2.85. The van der Waals surface area contributed by atoms with Crippen LogP contribution in [0.1, 0.15) is 17.0 Å². The van der Waals surface area contributed by atoms with Crippen LogP contribution in [0, 0.1) is 13.8 Å². The quantitative estimate of drug-likeness (QED) is 0.874. The molecule has 0 saturated heterocycles. The van der Waals surface area contributed by atoms with E-state index in [1.54, 1.807) is 6.33 Å². The molecular formula is C14H18N4O. The zero-order valence-corrected chi connectivity index (χ0v) is 11.2. The second-order valence-electron chi connectivity index (χ2n) is 4.49. The number of carbonyl (C=O) groups excluding carboxylic acids is 1. The molecule has 19 heavy (non-hydrogen) atoms. The van der Waals surface area contributed by atoms with Gasteiger partial charge in [-0.3, -0.25) is 4.79 Å². The number of amides is 1. The van der Waals surface area contributed by atoms with Gasteiger partial charge in [-0.25, -0.2) is 4.98 Å². The minimum atomic E-state index is -0.0685. The van der Waals surface area contributed by atoms with Crippen LogP contribution < -0.4 is 11.1 Å². The summed E-state index contributed by atoms with van der Waals surface area (Å²) in [6.07, 6.45) is 1.68. The maximum Gasteiger partial charge on any atom is 0.244 e. The smallest absolute Gasteiger partial charge is 0.244 e. The number of nitrogens with two attached hydrogens (primary N) is 1. The van der Waals surface area contributed by atoms with E-state index in [4.69, 9.17) is 5.73 Å². The Hall–Kier alpha value is -2.14. The van der Waals surface area contributed by atoms with Crippen LogP contribution in [0.15, 0.2) is 30.6 Å². The van der Waals surface area contributed by atoms with Crippen molar-refractivity contribution >= 4 is 11.6 Å². The van der Waals surface area contributed by atoms with Crippen LogP contribution in [0.5, 0.6) is 0 Å². The van der Waals surface area contributed by atoms with Gasteiger partial charge in [0.05, 0.1) is 12.0 Å². The lowest BCUT2D eigenvalue weighted by molar-refractivity contribution is -0.116. The van der Waals surface area contributed by atoms with Gasteiger partial charge in [0.2, 0.25) is 5.91 Å². The maximum atomic E-state index is 11.9. The first-order chi connectivity index (χ1) is 9.10. The predicted molar refractivity (Wildman–Crippen MR) is 74.7 cm³/mol. The lowest BCUT2D eigenvalue weighted by Gasteiger charge is -2.08. The molecule has 0 radical (unpaired) electrons. The molecule has 0 aliphatic carbocycles. The number of hydrogen-bond donors (Lipinski definition) is 2. The molecule has 0 unspecified atom stereocenters. The van der Waals surface area contributed by atoms with Gasteiger partial charge in [0.15, 0.2) is 0 Å².